The average Bonchev–Trinajstić information content (AvgIpc) is 2.82. The Bertz CT molecular complexity index is 817. The number of carbonyl (C=O) groups is 2. The Morgan fingerprint density at radius 3 is 2.58 bits per heavy atom. The summed E-state index contributed by atoms with van der Waals surface area (Å²) >= 11 is 0. The predicted octanol–water partition coefficient (Wildman–Crippen LogP) is 2.22. The van der Waals surface area contributed by atoms with Gasteiger partial charge in [-0.25, -0.2) is 4.79 Å². The third-order valence-electron chi connectivity index (χ3n) is 6.64. The zero-order chi connectivity index (χ0) is 21.6. The summed E-state index contributed by atoms with van der Waals surface area (Å²) in [5.41, 5.74) is 6.79. The standard InChI is InChI=1S/C24H32N4O3/c25-12-5-4-8-20(18-6-2-1-3-7-18)19-9-13-27(14-10-19)24(30)28-15-11-22-21(16-28)26-23(29)17-31-22/h1-8,12,19-22H,9-11,13-17,25H2,(H,26,29)/b8-4+,12-5-. The molecule has 3 aliphatic rings. The van der Waals surface area contributed by atoms with Crippen LogP contribution in [0, 0.1) is 5.92 Å². The summed E-state index contributed by atoms with van der Waals surface area (Å²) in [6.07, 6.45) is 10.3. The van der Waals surface area contributed by atoms with E-state index in [-0.39, 0.29) is 30.7 Å². The van der Waals surface area contributed by atoms with Crippen LogP contribution in [-0.4, -0.2) is 66.7 Å². The maximum absolute atomic E-state index is 13.1. The number of fused-ring (bicyclic) bond motifs is 1. The fraction of sp³-hybridized carbons (Fsp3) is 0.500. The van der Waals surface area contributed by atoms with Crippen molar-refractivity contribution in [1.29, 1.82) is 0 Å². The monoisotopic (exact) mass is 424 g/mol. The molecular formula is C24H32N4O3. The number of nitrogens with one attached hydrogen (secondary N) is 1. The molecule has 3 fully saturated rings. The maximum atomic E-state index is 13.1. The molecule has 0 saturated carbocycles. The van der Waals surface area contributed by atoms with Crippen LogP contribution in [0.25, 0.3) is 0 Å². The molecule has 0 spiro atoms. The largest absolute Gasteiger partial charge is 0.405 e. The fourth-order valence-corrected chi connectivity index (χ4v) is 4.99. The molecule has 0 aliphatic carbocycles. The van der Waals surface area contributed by atoms with E-state index in [1.54, 1.807) is 6.20 Å². The van der Waals surface area contributed by atoms with E-state index < -0.39 is 0 Å². The molecule has 166 valence electrons. The molecule has 3 atom stereocenters. The number of hydrogen-bond acceptors (Lipinski definition) is 4. The lowest BCUT2D eigenvalue weighted by molar-refractivity contribution is -0.139. The highest BCUT2D eigenvalue weighted by atomic mass is 16.5. The van der Waals surface area contributed by atoms with Gasteiger partial charge >= 0.3 is 6.03 Å². The van der Waals surface area contributed by atoms with Crippen molar-refractivity contribution in [2.24, 2.45) is 11.7 Å². The van der Waals surface area contributed by atoms with Crippen LogP contribution in [0.5, 0.6) is 0 Å². The van der Waals surface area contributed by atoms with Crippen molar-refractivity contribution >= 4 is 11.9 Å². The van der Waals surface area contributed by atoms with Gasteiger partial charge in [0.25, 0.3) is 0 Å². The Morgan fingerprint density at radius 1 is 1.10 bits per heavy atom. The topological polar surface area (TPSA) is 87.9 Å². The SMILES string of the molecule is N/C=C\C=C\C(c1ccccc1)C1CCN(C(=O)N2CCC3OCC(=O)NC3C2)CC1. The third-order valence-corrected chi connectivity index (χ3v) is 6.64. The van der Waals surface area contributed by atoms with E-state index in [0.29, 0.717) is 24.9 Å². The number of amides is 3. The van der Waals surface area contributed by atoms with E-state index in [0.717, 1.165) is 32.4 Å². The molecule has 3 heterocycles. The van der Waals surface area contributed by atoms with Gasteiger partial charge in [0.05, 0.1) is 12.1 Å². The molecule has 7 nitrogen and oxygen atoms in total. The number of morpholine rings is 1. The van der Waals surface area contributed by atoms with Crippen LogP contribution in [0.1, 0.15) is 30.7 Å². The molecule has 1 aromatic rings. The molecule has 3 unspecified atom stereocenters. The number of carbonyl (C=O) groups excluding carboxylic acids is 2. The lowest BCUT2D eigenvalue weighted by Crippen LogP contribution is -2.62. The minimum absolute atomic E-state index is 0.0217. The number of hydrogen-bond donors (Lipinski definition) is 2. The quantitative estimate of drug-likeness (QED) is 0.726. The second-order valence-electron chi connectivity index (χ2n) is 8.57. The molecule has 7 heteroatoms. The summed E-state index contributed by atoms with van der Waals surface area (Å²) < 4.78 is 5.61. The van der Waals surface area contributed by atoms with Gasteiger partial charge < -0.3 is 25.6 Å². The van der Waals surface area contributed by atoms with Crippen molar-refractivity contribution in [2.75, 3.05) is 32.8 Å². The van der Waals surface area contributed by atoms with Crippen LogP contribution >= 0.6 is 0 Å². The fourth-order valence-electron chi connectivity index (χ4n) is 4.99. The molecule has 0 radical (unpaired) electrons. The van der Waals surface area contributed by atoms with Crippen LogP contribution in [-0.2, 0) is 9.53 Å². The highest BCUT2D eigenvalue weighted by Gasteiger charge is 2.38. The molecule has 1 aromatic carbocycles. The van der Waals surface area contributed by atoms with Crippen molar-refractivity contribution in [3.63, 3.8) is 0 Å². The van der Waals surface area contributed by atoms with Crippen LogP contribution < -0.4 is 11.1 Å². The lowest BCUT2D eigenvalue weighted by atomic mass is 9.80. The first-order chi connectivity index (χ1) is 15.2. The summed E-state index contributed by atoms with van der Waals surface area (Å²) in [5, 5.41) is 2.97. The van der Waals surface area contributed by atoms with Crippen molar-refractivity contribution in [3.8, 4) is 0 Å². The molecule has 3 amide bonds. The predicted molar refractivity (Wildman–Crippen MR) is 119 cm³/mol. The Hall–Kier alpha value is -2.80. The van der Waals surface area contributed by atoms with E-state index in [1.807, 2.05) is 28.0 Å². The molecule has 3 aliphatic heterocycles. The van der Waals surface area contributed by atoms with E-state index in [4.69, 9.17) is 10.5 Å². The van der Waals surface area contributed by atoms with Crippen molar-refractivity contribution in [3.05, 3.63) is 60.3 Å². The summed E-state index contributed by atoms with van der Waals surface area (Å²) in [6, 6.07) is 10.5. The molecular weight excluding hydrogens is 392 g/mol. The number of benzene rings is 1. The van der Waals surface area contributed by atoms with Crippen LogP contribution in [0.2, 0.25) is 0 Å². The first kappa shape index (κ1) is 21.4. The van der Waals surface area contributed by atoms with Crippen molar-refractivity contribution in [1.82, 2.24) is 15.1 Å². The van der Waals surface area contributed by atoms with Gasteiger partial charge in [-0.05, 0) is 43.0 Å². The number of piperidine rings is 2. The van der Waals surface area contributed by atoms with Gasteiger partial charge in [0.2, 0.25) is 5.91 Å². The van der Waals surface area contributed by atoms with Gasteiger partial charge in [0.15, 0.2) is 0 Å². The van der Waals surface area contributed by atoms with E-state index in [9.17, 15) is 9.59 Å². The third kappa shape index (κ3) is 5.10. The lowest BCUT2D eigenvalue weighted by Gasteiger charge is -2.43. The van der Waals surface area contributed by atoms with Crippen molar-refractivity contribution in [2.45, 2.75) is 37.3 Å². The minimum Gasteiger partial charge on any atom is -0.405 e. The molecule has 3 N–H and O–H groups in total. The van der Waals surface area contributed by atoms with Gasteiger partial charge in [-0.2, -0.15) is 0 Å². The van der Waals surface area contributed by atoms with Gasteiger partial charge in [0, 0.05) is 32.1 Å². The Balaban J connectivity index is 1.36. The van der Waals surface area contributed by atoms with E-state index in [1.165, 1.54) is 5.56 Å². The first-order valence-electron chi connectivity index (χ1n) is 11.2. The number of urea groups is 1. The number of ether oxygens (including phenoxy) is 1. The van der Waals surface area contributed by atoms with Crippen LogP contribution in [0.4, 0.5) is 4.79 Å². The summed E-state index contributed by atoms with van der Waals surface area (Å²) in [7, 11) is 0. The second kappa shape index (κ2) is 10.0. The van der Waals surface area contributed by atoms with E-state index >= 15 is 0 Å². The van der Waals surface area contributed by atoms with Crippen LogP contribution in [0.15, 0.2) is 54.8 Å². The smallest absolute Gasteiger partial charge is 0.320 e. The average molecular weight is 425 g/mol. The highest BCUT2D eigenvalue weighted by Crippen LogP contribution is 2.34. The molecule has 0 aromatic heterocycles. The van der Waals surface area contributed by atoms with Gasteiger partial charge in [-0.1, -0.05) is 42.5 Å². The van der Waals surface area contributed by atoms with Crippen LogP contribution in [0.3, 0.4) is 0 Å². The molecule has 3 saturated heterocycles. The first-order valence-corrected chi connectivity index (χ1v) is 11.2. The van der Waals surface area contributed by atoms with Gasteiger partial charge in [-0.15, -0.1) is 0 Å². The number of allylic oxidation sites excluding steroid dienone is 3. The zero-order valence-electron chi connectivity index (χ0n) is 17.9. The Morgan fingerprint density at radius 2 is 1.84 bits per heavy atom. The zero-order valence-corrected chi connectivity index (χ0v) is 17.9. The van der Waals surface area contributed by atoms with Gasteiger partial charge in [0.1, 0.15) is 6.61 Å². The number of nitrogens with two attached hydrogens (primary N) is 1. The second-order valence-corrected chi connectivity index (χ2v) is 8.57. The number of nitrogens with zero attached hydrogens (tertiary/aromatic N) is 2. The maximum Gasteiger partial charge on any atom is 0.320 e. The minimum atomic E-state index is -0.0975. The molecule has 31 heavy (non-hydrogen) atoms. The normalized spacial score (nSPS) is 26.1. The number of rotatable bonds is 4. The summed E-state index contributed by atoms with van der Waals surface area (Å²) in [4.78, 5) is 28.6. The highest BCUT2D eigenvalue weighted by molar-refractivity contribution is 5.79. The Labute approximate surface area is 183 Å². The Kier molecular flexibility index (Phi) is 6.92. The van der Waals surface area contributed by atoms with E-state index in [2.05, 4.69) is 35.7 Å². The molecule has 0 bridgehead atoms. The van der Waals surface area contributed by atoms with Crippen molar-refractivity contribution < 1.29 is 14.3 Å². The summed E-state index contributed by atoms with van der Waals surface area (Å²) in [6.45, 7) is 2.83. The molecule has 4 rings (SSSR count). The number of likely N-dealkylation sites (tertiary alicyclic amines) is 2. The van der Waals surface area contributed by atoms with Gasteiger partial charge in [-0.3, -0.25) is 4.79 Å². The summed E-state index contributed by atoms with van der Waals surface area (Å²) in [5.74, 6) is 0.687.